The van der Waals surface area contributed by atoms with Crippen LogP contribution in [0.25, 0.3) is 0 Å². The fraction of sp³-hybridized carbons (Fsp3) is 0.700. The van der Waals surface area contributed by atoms with Gasteiger partial charge in [0, 0.05) is 11.6 Å². The minimum atomic E-state index is -3.64. The van der Waals surface area contributed by atoms with Crippen LogP contribution in [0, 0.1) is 17.8 Å². The second-order valence-electron chi connectivity index (χ2n) is 7.75. The van der Waals surface area contributed by atoms with Crippen molar-refractivity contribution < 1.29 is 13.5 Å². The molecular formula is C20H27ClF2O. The lowest BCUT2D eigenvalue weighted by Gasteiger charge is -2.37. The second-order valence-corrected chi connectivity index (χ2v) is 8.19. The third kappa shape index (κ3) is 4.84. The average molecular weight is 357 g/mol. The molecule has 3 rings (SSSR count). The van der Waals surface area contributed by atoms with Crippen LogP contribution in [0.4, 0.5) is 8.78 Å². The van der Waals surface area contributed by atoms with Gasteiger partial charge in [-0.15, -0.1) is 8.78 Å². The zero-order chi connectivity index (χ0) is 17.2. The molecule has 0 saturated heterocycles. The van der Waals surface area contributed by atoms with Crippen LogP contribution in [0.2, 0.25) is 0 Å². The quantitative estimate of drug-likeness (QED) is 0.530. The Morgan fingerprint density at radius 1 is 0.875 bits per heavy atom. The Hall–Kier alpha value is -0.830. The Morgan fingerprint density at radius 3 is 1.88 bits per heavy atom. The average Bonchev–Trinajstić information content (AvgIpc) is 2.55. The smallest absolute Gasteiger partial charge is 0.420 e. The molecule has 0 aromatic heterocycles. The summed E-state index contributed by atoms with van der Waals surface area (Å²) in [4.78, 5) is 0. The molecule has 0 N–H and O–H groups in total. The monoisotopic (exact) mass is 356 g/mol. The van der Waals surface area contributed by atoms with E-state index in [4.69, 9.17) is 11.6 Å². The van der Waals surface area contributed by atoms with E-state index in [9.17, 15) is 8.78 Å². The van der Waals surface area contributed by atoms with Crippen LogP contribution in [0.5, 0.6) is 5.75 Å². The third-order valence-electron chi connectivity index (χ3n) is 6.08. The predicted molar refractivity (Wildman–Crippen MR) is 93.7 cm³/mol. The molecule has 0 atom stereocenters. The molecule has 2 aliphatic rings. The van der Waals surface area contributed by atoms with Crippen LogP contribution < -0.4 is 4.74 Å². The van der Waals surface area contributed by atoms with Crippen LogP contribution >= 0.6 is 11.6 Å². The van der Waals surface area contributed by atoms with E-state index in [-0.39, 0.29) is 5.75 Å². The molecule has 4 heteroatoms. The molecule has 2 fully saturated rings. The van der Waals surface area contributed by atoms with Crippen molar-refractivity contribution in [3.63, 3.8) is 0 Å². The van der Waals surface area contributed by atoms with Crippen molar-refractivity contribution in [2.75, 3.05) is 0 Å². The molecule has 0 unspecified atom stereocenters. The maximum Gasteiger partial charge on any atom is 0.487 e. The van der Waals surface area contributed by atoms with E-state index in [0.717, 1.165) is 17.8 Å². The summed E-state index contributed by atoms with van der Waals surface area (Å²) in [6.45, 7) is 2.38. The lowest BCUT2D eigenvalue weighted by molar-refractivity contribution is -0.0964. The van der Waals surface area contributed by atoms with E-state index in [1.165, 1.54) is 56.9 Å². The first kappa shape index (κ1) is 18.0. The van der Waals surface area contributed by atoms with E-state index in [1.807, 2.05) is 12.1 Å². The van der Waals surface area contributed by atoms with E-state index in [2.05, 4.69) is 11.7 Å². The van der Waals surface area contributed by atoms with Crippen molar-refractivity contribution in [1.82, 2.24) is 0 Å². The van der Waals surface area contributed by atoms with Crippen molar-refractivity contribution in [1.29, 1.82) is 0 Å². The Kier molecular flexibility index (Phi) is 5.69. The third-order valence-corrected chi connectivity index (χ3v) is 6.16. The van der Waals surface area contributed by atoms with Gasteiger partial charge in [0.1, 0.15) is 5.75 Å². The first-order valence-corrected chi connectivity index (χ1v) is 9.64. The van der Waals surface area contributed by atoms with Crippen molar-refractivity contribution in [2.24, 2.45) is 17.8 Å². The lowest BCUT2D eigenvalue weighted by atomic mass is 9.68. The molecule has 0 radical (unpaired) electrons. The van der Waals surface area contributed by atoms with Crippen LogP contribution in [0.3, 0.4) is 0 Å². The number of hydrogen-bond acceptors (Lipinski definition) is 1. The summed E-state index contributed by atoms with van der Waals surface area (Å²) < 4.78 is 29.7. The summed E-state index contributed by atoms with van der Waals surface area (Å²) in [5.74, 6) is 3.41. The SMILES string of the molecule is CC1CCC(C2CCC(c3ccc(OC(F)(F)Cl)cc3)CC2)CC1. The molecule has 2 saturated carbocycles. The Labute approximate surface area is 148 Å². The summed E-state index contributed by atoms with van der Waals surface area (Å²) in [5.41, 5.74) is -2.41. The highest BCUT2D eigenvalue weighted by Gasteiger charge is 2.31. The summed E-state index contributed by atoms with van der Waals surface area (Å²) in [6, 6.07) is 7.01. The molecule has 1 aromatic rings. The molecule has 134 valence electrons. The van der Waals surface area contributed by atoms with Gasteiger partial charge in [-0.2, -0.15) is 0 Å². The van der Waals surface area contributed by atoms with Gasteiger partial charge >= 0.3 is 5.57 Å². The maximum absolute atomic E-state index is 12.7. The number of ether oxygens (including phenoxy) is 1. The maximum atomic E-state index is 12.7. The highest BCUT2D eigenvalue weighted by atomic mass is 35.5. The van der Waals surface area contributed by atoms with Crippen LogP contribution in [0.15, 0.2) is 24.3 Å². The first-order valence-electron chi connectivity index (χ1n) is 9.26. The molecule has 1 aromatic carbocycles. The van der Waals surface area contributed by atoms with Gasteiger partial charge in [-0.25, -0.2) is 0 Å². The molecule has 0 amide bonds. The molecule has 1 nitrogen and oxygen atoms in total. The standard InChI is InChI=1S/C20H27ClF2O/c1-14-2-4-15(5-3-14)16-6-8-17(9-7-16)18-10-12-19(13-11-18)24-20(21,22)23/h10-17H,2-9H2,1H3. The second kappa shape index (κ2) is 7.59. The van der Waals surface area contributed by atoms with Gasteiger partial charge < -0.3 is 4.74 Å². The molecule has 0 aliphatic heterocycles. The van der Waals surface area contributed by atoms with E-state index >= 15 is 0 Å². The van der Waals surface area contributed by atoms with E-state index in [1.54, 1.807) is 12.1 Å². The van der Waals surface area contributed by atoms with Crippen molar-refractivity contribution >= 4 is 11.6 Å². The number of hydrogen-bond donors (Lipinski definition) is 0. The van der Waals surface area contributed by atoms with Gasteiger partial charge in [-0.1, -0.05) is 31.9 Å². The summed E-state index contributed by atoms with van der Waals surface area (Å²) in [5, 5.41) is 0. The van der Waals surface area contributed by atoms with Crippen molar-refractivity contribution in [2.45, 2.75) is 69.8 Å². The van der Waals surface area contributed by atoms with Crippen LogP contribution in [-0.2, 0) is 0 Å². The minimum Gasteiger partial charge on any atom is -0.420 e. The number of alkyl halides is 3. The van der Waals surface area contributed by atoms with Gasteiger partial charge in [-0.05, 0) is 79.9 Å². The normalized spacial score (nSPS) is 31.7. The summed E-state index contributed by atoms with van der Waals surface area (Å²) >= 11 is 4.80. The summed E-state index contributed by atoms with van der Waals surface area (Å²) in [7, 11) is 0. The topological polar surface area (TPSA) is 9.23 Å². The van der Waals surface area contributed by atoms with Crippen LogP contribution in [-0.4, -0.2) is 5.57 Å². The predicted octanol–water partition coefficient (Wildman–Crippen LogP) is 6.95. The zero-order valence-corrected chi connectivity index (χ0v) is 15.1. The van der Waals surface area contributed by atoms with Gasteiger partial charge in [0.05, 0.1) is 0 Å². The number of halogens is 3. The summed E-state index contributed by atoms with van der Waals surface area (Å²) in [6.07, 6.45) is 10.7. The molecular weight excluding hydrogens is 330 g/mol. The molecule has 24 heavy (non-hydrogen) atoms. The zero-order valence-electron chi connectivity index (χ0n) is 14.3. The van der Waals surface area contributed by atoms with Crippen LogP contribution in [0.1, 0.15) is 69.8 Å². The molecule has 2 aliphatic carbocycles. The highest BCUT2D eigenvalue weighted by molar-refractivity contribution is 6.20. The fourth-order valence-corrected chi connectivity index (χ4v) is 4.71. The van der Waals surface area contributed by atoms with E-state index < -0.39 is 5.57 Å². The minimum absolute atomic E-state index is 0.115. The highest BCUT2D eigenvalue weighted by Crippen LogP contribution is 2.44. The van der Waals surface area contributed by atoms with Crippen molar-refractivity contribution in [3.05, 3.63) is 29.8 Å². The molecule has 0 heterocycles. The van der Waals surface area contributed by atoms with Crippen molar-refractivity contribution in [3.8, 4) is 5.75 Å². The fourth-order valence-electron chi connectivity index (χ4n) is 4.62. The number of benzene rings is 1. The molecule has 0 spiro atoms. The largest absolute Gasteiger partial charge is 0.487 e. The first-order chi connectivity index (χ1) is 11.4. The van der Waals surface area contributed by atoms with Gasteiger partial charge in [0.25, 0.3) is 0 Å². The Balaban J connectivity index is 1.51. The van der Waals surface area contributed by atoms with Gasteiger partial charge in [0.15, 0.2) is 0 Å². The van der Waals surface area contributed by atoms with E-state index in [0.29, 0.717) is 5.92 Å². The lowest BCUT2D eigenvalue weighted by Crippen LogP contribution is -2.24. The molecule has 0 bridgehead atoms. The Bertz CT molecular complexity index is 509. The number of rotatable bonds is 4. The van der Waals surface area contributed by atoms with Gasteiger partial charge in [-0.3, -0.25) is 0 Å². The van der Waals surface area contributed by atoms with Gasteiger partial charge in [0.2, 0.25) is 0 Å². The Morgan fingerprint density at radius 2 is 1.38 bits per heavy atom.